The Balaban J connectivity index is 3.30. The molecule has 0 unspecified atom stereocenters. The molecule has 0 saturated carbocycles. The van der Waals surface area contributed by atoms with Gasteiger partial charge in [0.1, 0.15) is 5.75 Å². The summed E-state index contributed by atoms with van der Waals surface area (Å²) in [5.41, 5.74) is 0.854. The summed E-state index contributed by atoms with van der Waals surface area (Å²) in [7, 11) is 0. The highest BCUT2D eigenvalue weighted by Gasteiger charge is 2.13. The largest absolute Gasteiger partial charge is 0.494 e. The number of hydrogen-bond acceptors (Lipinski definition) is 3. The minimum Gasteiger partial charge on any atom is -0.494 e. The number of rotatable bonds is 4. The second-order valence-corrected chi connectivity index (χ2v) is 4.14. The van der Waals surface area contributed by atoms with E-state index in [1.54, 1.807) is 12.1 Å². The molecule has 0 N–H and O–H groups in total. The second kappa shape index (κ2) is 5.25. The highest BCUT2D eigenvalue weighted by Crippen LogP contribution is 2.23. The van der Waals surface area contributed by atoms with Crippen molar-refractivity contribution in [2.45, 2.75) is 13.8 Å². The maximum absolute atomic E-state index is 11.3. The van der Waals surface area contributed by atoms with Gasteiger partial charge in [-0.1, -0.05) is 0 Å². The fourth-order valence-electron chi connectivity index (χ4n) is 1.32. The zero-order valence-electron chi connectivity index (χ0n) is 8.54. The van der Waals surface area contributed by atoms with Crippen LogP contribution in [0.1, 0.15) is 34.6 Å². The minimum atomic E-state index is -0.107. The van der Waals surface area contributed by atoms with E-state index in [0.717, 1.165) is 3.57 Å². The molecule has 0 aromatic heterocycles. The molecule has 0 aliphatic heterocycles. The van der Waals surface area contributed by atoms with Crippen molar-refractivity contribution >= 4 is 34.7 Å². The Morgan fingerprint density at radius 1 is 1.53 bits per heavy atom. The third kappa shape index (κ3) is 2.77. The van der Waals surface area contributed by atoms with Crippen molar-refractivity contribution in [1.82, 2.24) is 0 Å². The van der Waals surface area contributed by atoms with Crippen molar-refractivity contribution in [2.24, 2.45) is 0 Å². The first kappa shape index (κ1) is 12.2. The van der Waals surface area contributed by atoms with Crippen LogP contribution >= 0.6 is 22.6 Å². The quantitative estimate of drug-likeness (QED) is 0.487. The van der Waals surface area contributed by atoms with E-state index in [4.69, 9.17) is 4.74 Å². The molecule has 0 heterocycles. The lowest BCUT2D eigenvalue weighted by Gasteiger charge is -2.08. The molecular formula is C11H11IO3. The van der Waals surface area contributed by atoms with Crippen LogP contribution < -0.4 is 4.74 Å². The molecule has 0 spiro atoms. The van der Waals surface area contributed by atoms with Gasteiger partial charge in [0.2, 0.25) is 0 Å². The highest BCUT2D eigenvalue weighted by atomic mass is 127. The number of carbonyl (C=O) groups excluding carboxylic acids is 2. The van der Waals surface area contributed by atoms with E-state index in [0.29, 0.717) is 29.8 Å². The molecule has 80 valence electrons. The van der Waals surface area contributed by atoms with Crippen molar-refractivity contribution < 1.29 is 14.3 Å². The minimum absolute atomic E-state index is 0.107. The van der Waals surface area contributed by atoms with Gasteiger partial charge in [-0.15, -0.1) is 0 Å². The third-order valence-electron chi connectivity index (χ3n) is 1.88. The molecule has 0 bridgehead atoms. The Bertz CT molecular complexity index is 399. The Labute approximate surface area is 102 Å². The number of halogens is 1. The van der Waals surface area contributed by atoms with E-state index in [-0.39, 0.29) is 5.78 Å². The molecule has 0 amide bonds. The van der Waals surface area contributed by atoms with Gasteiger partial charge in [0, 0.05) is 14.7 Å². The zero-order chi connectivity index (χ0) is 11.4. The summed E-state index contributed by atoms with van der Waals surface area (Å²) in [5.74, 6) is 0.513. The summed E-state index contributed by atoms with van der Waals surface area (Å²) in [4.78, 5) is 22.1. The van der Waals surface area contributed by atoms with Crippen molar-refractivity contribution in [3.05, 3.63) is 26.8 Å². The first-order valence-electron chi connectivity index (χ1n) is 4.52. The lowest BCUT2D eigenvalue weighted by Crippen LogP contribution is -2.04. The normalized spacial score (nSPS) is 9.80. The summed E-state index contributed by atoms with van der Waals surface area (Å²) in [6.07, 6.45) is 0.682. The molecule has 0 aliphatic rings. The predicted molar refractivity (Wildman–Crippen MR) is 65.7 cm³/mol. The van der Waals surface area contributed by atoms with Gasteiger partial charge < -0.3 is 4.74 Å². The number of benzene rings is 1. The smallest absolute Gasteiger partial charge is 0.161 e. The van der Waals surface area contributed by atoms with Gasteiger partial charge in [-0.3, -0.25) is 9.59 Å². The van der Waals surface area contributed by atoms with Gasteiger partial charge in [-0.25, -0.2) is 0 Å². The van der Waals surface area contributed by atoms with Crippen molar-refractivity contribution in [2.75, 3.05) is 6.61 Å². The number of ketones is 1. The predicted octanol–water partition coefficient (Wildman–Crippen LogP) is 2.71. The zero-order valence-corrected chi connectivity index (χ0v) is 10.7. The Kier molecular flexibility index (Phi) is 4.26. The van der Waals surface area contributed by atoms with Crippen molar-refractivity contribution in [3.8, 4) is 5.75 Å². The molecule has 0 atom stereocenters. The molecule has 15 heavy (non-hydrogen) atoms. The van der Waals surface area contributed by atoms with Crippen LogP contribution in [-0.2, 0) is 0 Å². The van der Waals surface area contributed by atoms with E-state index in [9.17, 15) is 9.59 Å². The monoisotopic (exact) mass is 318 g/mol. The van der Waals surface area contributed by atoms with Gasteiger partial charge in [0.15, 0.2) is 12.1 Å². The molecule has 0 aliphatic carbocycles. The number of hydrogen-bond donors (Lipinski definition) is 0. The Morgan fingerprint density at radius 2 is 2.20 bits per heavy atom. The van der Waals surface area contributed by atoms with Gasteiger partial charge in [0.05, 0.1) is 6.61 Å². The maximum atomic E-state index is 11.3. The lowest BCUT2D eigenvalue weighted by molar-refractivity contribution is 0.100. The topological polar surface area (TPSA) is 43.4 Å². The summed E-state index contributed by atoms with van der Waals surface area (Å²) in [6.45, 7) is 3.85. The van der Waals surface area contributed by atoms with Gasteiger partial charge in [-0.2, -0.15) is 0 Å². The van der Waals surface area contributed by atoms with Crippen LogP contribution in [0.4, 0.5) is 0 Å². The van der Waals surface area contributed by atoms with Crippen LogP contribution in [0.25, 0.3) is 0 Å². The first-order chi connectivity index (χ1) is 7.10. The third-order valence-corrected chi connectivity index (χ3v) is 2.74. The van der Waals surface area contributed by atoms with Crippen LogP contribution in [0.15, 0.2) is 12.1 Å². The number of Topliss-reactive ketones (excluding diaryl/α,β-unsaturated/α-hetero) is 1. The van der Waals surface area contributed by atoms with Crippen molar-refractivity contribution in [3.63, 3.8) is 0 Å². The van der Waals surface area contributed by atoms with Gasteiger partial charge in [0.25, 0.3) is 0 Å². The lowest BCUT2D eigenvalue weighted by atomic mass is 10.1. The molecule has 1 rings (SSSR count). The Hall–Kier alpha value is -0.910. The van der Waals surface area contributed by atoms with E-state index >= 15 is 0 Å². The standard InChI is InChI=1S/C11H11IO3/c1-3-15-9-4-8(6-13)11(7(2)14)10(12)5-9/h4-6H,3H2,1-2H3. The fraction of sp³-hybridized carbons (Fsp3) is 0.273. The Morgan fingerprint density at radius 3 is 2.67 bits per heavy atom. The summed E-state index contributed by atoms with van der Waals surface area (Å²) < 4.78 is 6.03. The number of ether oxygens (including phenoxy) is 1. The fourth-order valence-corrected chi connectivity index (χ4v) is 2.31. The van der Waals surface area contributed by atoms with E-state index in [2.05, 4.69) is 0 Å². The van der Waals surface area contributed by atoms with Crippen LogP contribution in [0.2, 0.25) is 0 Å². The summed E-state index contributed by atoms with van der Waals surface area (Å²) >= 11 is 2.03. The van der Waals surface area contributed by atoms with E-state index < -0.39 is 0 Å². The average Bonchev–Trinajstić information content (AvgIpc) is 2.16. The molecule has 1 aromatic rings. The molecule has 1 aromatic carbocycles. The SMILES string of the molecule is CCOc1cc(I)c(C(C)=O)c(C=O)c1. The van der Waals surface area contributed by atoms with Gasteiger partial charge >= 0.3 is 0 Å². The highest BCUT2D eigenvalue weighted by molar-refractivity contribution is 14.1. The van der Waals surface area contributed by atoms with Crippen molar-refractivity contribution in [1.29, 1.82) is 0 Å². The van der Waals surface area contributed by atoms with Crippen LogP contribution in [-0.4, -0.2) is 18.7 Å². The number of carbonyl (C=O) groups is 2. The molecule has 3 nitrogen and oxygen atoms in total. The average molecular weight is 318 g/mol. The van der Waals surface area contributed by atoms with Crippen LogP contribution in [0.3, 0.4) is 0 Å². The van der Waals surface area contributed by atoms with Crippen LogP contribution in [0, 0.1) is 3.57 Å². The number of aldehydes is 1. The first-order valence-corrected chi connectivity index (χ1v) is 5.60. The molecule has 0 radical (unpaired) electrons. The summed E-state index contributed by atoms with van der Waals surface area (Å²) in [5, 5.41) is 0. The molecule has 0 saturated heterocycles. The molecule has 0 fully saturated rings. The molecular weight excluding hydrogens is 307 g/mol. The second-order valence-electron chi connectivity index (χ2n) is 2.98. The molecule has 4 heteroatoms. The van der Waals surface area contributed by atoms with Crippen LogP contribution in [0.5, 0.6) is 5.75 Å². The maximum Gasteiger partial charge on any atom is 0.161 e. The van der Waals surface area contributed by atoms with E-state index in [1.165, 1.54) is 6.92 Å². The van der Waals surface area contributed by atoms with E-state index in [1.807, 2.05) is 29.5 Å². The van der Waals surface area contributed by atoms with Gasteiger partial charge in [-0.05, 0) is 48.6 Å². The summed E-state index contributed by atoms with van der Waals surface area (Å²) in [6, 6.07) is 3.35.